The fraction of sp³-hybridized carbons (Fsp3) is 0.611. The van der Waals surface area contributed by atoms with E-state index in [1.165, 1.54) is 0 Å². The third-order valence-corrected chi connectivity index (χ3v) is 4.43. The van der Waals surface area contributed by atoms with E-state index in [2.05, 4.69) is 30.1 Å². The molecule has 0 radical (unpaired) electrons. The van der Waals surface area contributed by atoms with Crippen LogP contribution in [0.3, 0.4) is 0 Å². The van der Waals surface area contributed by atoms with Crippen LogP contribution in [0.1, 0.15) is 20.8 Å². The molecular weight excluding hydrogens is 306 g/mol. The van der Waals surface area contributed by atoms with Crippen LogP contribution < -0.4 is 10.2 Å². The van der Waals surface area contributed by atoms with Crippen molar-refractivity contribution in [3.05, 3.63) is 24.3 Å². The number of carbonyl (C=O) groups excluding carboxylic acids is 1. The van der Waals surface area contributed by atoms with Crippen molar-refractivity contribution in [2.24, 2.45) is 0 Å². The Bertz CT molecular complexity index is 570. The topological polar surface area (TPSA) is 54.0 Å². The second kappa shape index (κ2) is 7.40. The molecule has 132 valence electrons. The average molecular weight is 333 g/mol. The Morgan fingerprint density at radius 1 is 1.08 bits per heavy atom. The molecule has 3 atom stereocenters. The summed E-state index contributed by atoms with van der Waals surface area (Å²) in [7, 11) is 0. The van der Waals surface area contributed by atoms with Gasteiger partial charge in [-0.05, 0) is 32.9 Å². The first-order valence-electron chi connectivity index (χ1n) is 8.70. The van der Waals surface area contributed by atoms with Crippen LogP contribution in [0.15, 0.2) is 24.3 Å². The van der Waals surface area contributed by atoms with Gasteiger partial charge in [-0.3, -0.25) is 0 Å². The molecule has 2 fully saturated rings. The first kappa shape index (κ1) is 17.0. The van der Waals surface area contributed by atoms with E-state index >= 15 is 0 Å². The van der Waals surface area contributed by atoms with Gasteiger partial charge in [0.25, 0.3) is 0 Å². The zero-order chi connectivity index (χ0) is 17.1. The molecule has 2 heterocycles. The molecular formula is C18H27N3O3. The van der Waals surface area contributed by atoms with E-state index in [9.17, 15) is 4.79 Å². The van der Waals surface area contributed by atoms with E-state index in [1.807, 2.05) is 30.0 Å². The fourth-order valence-electron chi connectivity index (χ4n) is 3.43. The normalized spacial score (nSPS) is 27.9. The van der Waals surface area contributed by atoms with Gasteiger partial charge in [0.05, 0.1) is 36.3 Å². The molecule has 3 rings (SSSR count). The summed E-state index contributed by atoms with van der Waals surface area (Å²) in [5.74, 6) is 0. The van der Waals surface area contributed by atoms with Gasteiger partial charge < -0.3 is 24.6 Å². The van der Waals surface area contributed by atoms with Crippen LogP contribution >= 0.6 is 0 Å². The SMILES string of the molecule is C[C@@H]1CN(c2ccccc2NC(=O)N2CCO[C@@H](C)C2)C[C@@H](C)O1. The summed E-state index contributed by atoms with van der Waals surface area (Å²) in [6, 6.07) is 7.91. The standard InChI is InChI=1S/C18H27N3O3/c1-13-10-20(8-9-23-13)18(22)19-16-6-4-5-7-17(16)21-11-14(2)24-15(3)12-21/h4-7,13-15H,8-12H2,1-3H3,(H,19,22)/t13-,14+,15+/m0/s1. The number of anilines is 2. The maximum Gasteiger partial charge on any atom is 0.322 e. The molecule has 2 amide bonds. The van der Waals surface area contributed by atoms with Crippen LogP contribution in [0.5, 0.6) is 0 Å². The van der Waals surface area contributed by atoms with E-state index in [0.29, 0.717) is 19.7 Å². The Labute approximate surface area is 143 Å². The van der Waals surface area contributed by atoms with Crippen LogP contribution in [-0.2, 0) is 9.47 Å². The van der Waals surface area contributed by atoms with Crippen LogP contribution in [0.4, 0.5) is 16.2 Å². The number of para-hydroxylation sites is 2. The summed E-state index contributed by atoms with van der Waals surface area (Å²) in [5.41, 5.74) is 1.90. The van der Waals surface area contributed by atoms with Crippen molar-refractivity contribution in [2.45, 2.75) is 39.1 Å². The molecule has 0 spiro atoms. The predicted molar refractivity (Wildman–Crippen MR) is 94.7 cm³/mol. The van der Waals surface area contributed by atoms with Gasteiger partial charge >= 0.3 is 6.03 Å². The summed E-state index contributed by atoms with van der Waals surface area (Å²) >= 11 is 0. The minimum Gasteiger partial charge on any atom is -0.375 e. The van der Waals surface area contributed by atoms with E-state index in [4.69, 9.17) is 9.47 Å². The maximum absolute atomic E-state index is 12.6. The number of morpholine rings is 2. The van der Waals surface area contributed by atoms with Gasteiger partial charge in [-0.15, -0.1) is 0 Å². The lowest BCUT2D eigenvalue weighted by molar-refractivity contribution is -0.00521. The number of hydrogen-bond acceptors (Lipinski definition) is 4. The highest BCUT2D eigenvalue weighted by Crippen LogP contribution is 2.28. The fourth-order valence-corrected chi connectivity index (χ4v) is 3.43. The second-order valence-electron chi connectivity index (χ2n) is 6.74. The van der Waals surface area contributed by atoms with Gasteiger partial charge in [-0.25, -0.2) is 4.79 Å². The van der Waals surface area contributed by atoms with Gasteiger partial charge in [0.2, 0.25) is 0 Å². The zero-order valence-corrected chi connectivity index (χ0v) is 14.7. The van der Waals surface area contributed by atoms with Gasteiger partial charge in [0.1, 0.15) is 0 Å². The molecule has 0 bridgehead atoms. The monoisotopic (exact) mass is 333 g/mol. The highest BCUT2D eigenvalue weighted by Gasteiger charge is 2.26. The van der Waals surface area contributed by atoms with Gasteiger partial charge in [-0.1, -0.05) is 12.1 Å². The highest BCUT2D eigenvalue weighted by molar-refractivity contribution is 5.93. The quantitative estimate of drug-likeness (QED) is 0.904. The van der Waals surface area contributed by atoms with Crippen molar-refractivity contribution < 1.29 is 14.3 Å². The molecule has 2 aliphatic rings. The molecule has 2 saturated heterocycles. The van der Waals surface area contributed by atoms with Crippen LogP contribution in [-0.4, -0.2) is 62.0 Å². The number of nitrogens with zero attached hydrogens (tertiary/aromatic N) is 2. The lowest BCUT2D eigenvalue weighted by Gasteiger charge is -2.38. The average Bonchev–Trinajstić information content (AvgIpc) is 2.54. The number of hydrogen-bond donors (Lipinski definition) is 1. The van der Waals surface area contributed by atoms with Crippen LogP contribution in [0.2, 0.25) is 0 Å². The van der Waals surface area contributed by atoms with Gasteiger partial charge in [-0.2, -0.15) is 0 Å². The molecule has 6 heteroatoms. The van der Waals surface area contributed by atoms with Crippen molar-refractivity contribution in [3.63, 3.8) is 0 Å². The summed E-state index contributed by atoms with van der Waals surface area (Å²) < 4.78 is 11.3. The van der Waals surface area contributed by atoms with Crippen molar-refractivity contribution in [1.29, 1.82) is 0 Å². The summed E-state index contributed by atoms with van der Waals surface area (Å²) in [6.45, 7) is 9.65. The van der Waals surface area contributed by atoms with E-state index in [-0.39, 0.29) is 24.3 Å². The van der Waals surface area contributed by atoms with Crippen LogP contribution in [0.25, 0.3) is 0 Å². The Morgan fingerprint density at radius 2 is 1.79 bits per heavy atom. The zero-order valence-electron chi connectivity index (χ0n) is 14.7. The van der Waals surface area contributed by atoms with Crippen LogP contribution in [0, 0.1) is 0 Å². The van der Waals surface area contributed by atoms with Crippen molar-refractivity contribution in [3.8, 4) is 0 Å². The maximum atomic E-state index is 12.6. The Kier molecular flexibility index (Phi) is 5.26. The van der Waals surface area contributed by atoms with Crippen molar-refractivity contribution >= 4 is 17.4 Å². The molecule has 1 N–H and O–H groups in total. The smallest absolute Gasteiger partial charge is 0.322 e. The van der Waals surface area contributed by atoms with Crippen molar-refractivity contribution in [2.75, 3.05) is 43.0 Å². The molecule has 1 aromatic rings. The third-order valence-electron chi connectivity index (χ3n) is 4.43. The molecule has 1 aromatic carbocycles. The Morgan fingerprint density at radius 3 is 2.50 bits per heavy atom. The number of ether oxygens (including phenoxy) is 2. The third kappa shape index (κ3) is 3.99. The molecule has 0 aromatic heterocycles. The number of urea groups is 1. The molecule has 0 aliphatic carbocycles. The summed E-state index contributed by atoms with van der Waals surface area (Å²) in [4.78, 5) is 16.7. The van der Waals surface area contributed by atoms with E-state index in [1.54, 1.807) is 0 Å². The molecule has 2 aliphatic heterocycles. The Hall–Kier alpha value is -1.79. The minimum absolute atomic E-state index is 0.0630. The number of rotatable bonds is 2. The van der Waals surface area contributed by atoms with Gasteiger partial charge in [0.15, 0.2) is 0 Å². The second-order valence-corrected chi connectivity index (χ2v) is 6.74. The predicted octanol–water partition coefficient (Wildman–Crippen LogP) is 2.55. The van der Waals surface area contributed by atoms with E-state index in [0.717, 1.165) is 24.5 Å². The number of nitrogens with one attached hydrogen (secondary N) is 1. The molecule has 24 heavy (non-hydrogen) atoms. The first-order valence-corrected chi connectivity index (χ1v) is 8.70. The number of amides is 2. The van der Waals surface area contributed by atoms with Crippen molar-refractivity contribution in [1.82, 2.24) is 4.90 Å². The Balaban J connectivity index is 1.73. The molecule has 0 unspecified atom stereocenters. The van der Waals surface area contributed by atoms with Gasteiger partial charge in [0, 0.05) is 26.2 Å². The summed E-state index contributed by atoms with van der Waals surface area (Å²) in [5, 5.41) is 3.08. The largest absolute Gasteiger partial charge is 0.375 e. The highest BCUT2D eigenvalue weighted by atomic mass is 16.5. The lowest BCUT2D eigenvalue weighted by Crippen LogP contribution is -2.47. The molecule has 6 nitrogen and oxygen atoms in total. The first-order chi connectivity index (χ1) is 11.5. The lowest BCUT2D eigenvalue weighted by atomic mass is 10.1. The number of benzene rings is 1. The molecule has 0 saturated carbocycles. The summed E-state index contributed by atoms with van der Waals surface area (Å²) in [6.07, 6.45) is 0.441. The van der Waals surface area contributed by atoms with E-state index < -0.39 is 0 Å². The number of carbonyl (C=O) groups is 1. The minimum atomic E-state index is -0.0630.